The van der Waals surface area contributed by atoms with Crippen LogP contribution in [-0.4, -0.2) is 38.5 Å². The fraction of sp³-hybridized carbons (Fsp3) is 0.105. The monoisotopic (exact) mass is 444 g/mol. The number of ether oxygens (including phenoxy) is 2. The van der Waals surface area contributed by atoms with E-state index in [4.69, 9.17) is 20.3 Å². The Hall–Kier alpha value is -3.90. The second-order valence-electron chi connectivity index (χ2n) is 6.21. The first-order valence-electron chi connectivity index (χ1n) is 8.77. The highest BCUT2D eigenvalue weighted by atomic mass is 32.2. The SMILES string of the molecule is COc1ccc(Nc2ncc(C(N)=O)c(Nc3cccc(S(N)(=O)=O)c3)n2)cc1OC. The number of benzene rings is 2. The molecule has 3 aromatic rings. The van der Waals surface area contributed by atoms with Crippen LogP contribution in [0.25, 0.3) is 0 Å². The van der Waals surface area contributed by atoms with Crippen molar-refractivity contribution in [2.24, 2.45) is 10.9 Å². The highest BCUT2D eigenvalue weighted by molar-refractivity contribution is 7.89. The predicted octanol–water partition coefficient (Wildman–Crippen LogP) is 1.73. The number of rotatable bonds is 8. The first-order chi connectivity index (χ1) is 14.7. The Labute approximate surface area is 178 Å². The molecule has 1 heterocycles. The van der Waals surface area contributed by atoms with Gasteiger partial charge in [0.2, 0.25) is 16.0 Å². The fourth-order valence-electron chi connectivity index (χ4n) is 2.65. The molecule has 3 rings (SSSR count). The Bertz CT molecular complexity index is 1230. The highest BCUT2D eigenvalue weighted by Crippen LogP contribution is 2.31. The second kappa shape index (κ2) is 8.85. The highest BCUT2D eigenvalue weighted by Gasteiger charge is 2.15. The average Bonchev–Trinajstić information content (AvgIpc) is 2.73. The minimum absolute atomic E-state index is 0.0128. The van der Waals surface area contributed by atoms with E-state index in [-0.39, 0.29) is 22.2 Å². The van der Waals surface area contributed by atoms with Crippen molar-refractivity contribution in [2.45, 2.75) is 4.90 Å². The number of hydrogen-bond donors (Lipinski definition) is 4. The summed E-state index contributed by atoms with van der Waals surface area (Å²) in [6.07, 6.45) is 1.25. The van der Waals surface area contributed by atoms with Crippen molar-refractivity contribution in [3.05, 3.63) is 54.2 Å². The van der Waals surface area contributed by atoms with Gasteiger partial charge >= 0.3 is 0 Å². The van der Waals surface area contributed by atoms with Crippen LogP contribution < -0.4 is 31.0 Å². The molecule has 1 amide bonds. The summed E-state index contributed by atoms with van der Waals surface area (Å²) in [5.41, 5.74) is 6.37. The van der Waals surface area contributed by atoms with Crippen LogP contribution in [0.2, 0.25) is 0 Å². The van der Waals surface area contributed by atoms with Crippen molar-refractivity contribution in [3.8, 4) is 11.5 Å². The number of nitrogens with one attached hydrogen (secondary N) is 2. The molecule has 0 aliphatic rings. The number of nitrogens with zero attached hydrogens (tertiary/aromatic N) is 2. The first kappa shape index (κ1) is 21.8. The number of anilines is 4. The van der Waals surface area contributed by atoms with Crippen LogP contribution in [0.3, 0.4) is 0 Å². The van der Waals surface area contributed by atoms with Gasteiger partial charge in [0, 0.05) is 23.6 Å². The van der Waals surface area contributed by atoms with Gasteiger partial charge in [-0.3, -0.25) is 4.79 Å². The molecular formula is C19H20N6O5S. The lowest BCUT2D eigenvalue weighted by Crippen LogP contribution is -2.16. The van der Waals surface area contributed by atoms with Gasteiger partial charge < -0.3 is 25.8 Å². The average molecular weight is 444 g/mol. The summed E-state index contributed by atoms with van der Waals surface area (Å²) in [6, 6.07) is 10.9. The number of methoxy groups -OCH3 is 2. The normalized spacial score (nSPS) is 10.9. The lowest BCUT2D eigenvalue weighted by Gasteiger charge is -2.13. The van der Waals surface area contributed by atoms with E-state index in [9.17, 15) is 13.2 Å². The maximum Gasteiger partial charge on any atom is 0.254 e. The molecule has 2 aromatic carbocycles. The van der Waals surface area contributed by atoms with Gasteiger partial charge in [0.25, 0.3) is 5.91 Å². The molecule has 0 radical (unpaired) electrons. The number of primary sulfonamides is 1. The molecule has 0 atom stereocenters. The zero-order chi connectivity index (χ0) is 22.6. The maximum atomic E-state index is 11.8. The summed E-state index contributed by atoms with van der Waals surface area (Å²) in [5.74, 6) is 0.525. The smallest absolute Gasteiger partial charge is 0.254 e. The number of carbonyl (C=O) groups excluding carboxylic acids is 1. The summed E-state index contributed by atoms with van der Waals surface area (Å²) >= 11 is 0. The molecule has 0 aliphatic heterocycles. The molecule has 0 spiro atoms. The van der Waals surface area contributed by atoms with Crippen molar-refractivity contribution in [3.63, 3.8) is 0 Å². The summed E-state index contributed by atoms with van der Waals surface area (Å²) in [7, 11) is -0.866. The number of nitrogens with two attached hydrogens (primary N) is 2. The Morgan fingerprint density at radius 1 is 1.00 bits per heavy atom. The molecule has 6 N–H and O–H groups in total. The minimum Gasteiger partial charge on any atom is -0.493 e. The zero-order valence-corrected chi connectivity index (χ0v) is 17.4. The standard InChI is InChI=1S/C19H20N6O5S/c1-29-15-7-6-12(9-16(15)30-2)24-19-22-10-14(17(20)26)18(25-19)23-11-4-3-5-13(8-11)31(21,27)28/h3-10H,1-2H3,(H2,20,26)(H2,21,27,28)(H2,22,23,24,25). The van der Waals surface area contributed by atoms with Crippen molar-refractivity contribution < 1.29 is 22.7 Å². The summed E-state index contributed by atoms with van der Waals surface area (Å²) in [4.78, 5) is 20.1. The Kier molecular flexibility index (Phi) is 6.22. The molecule has 0 saturated heterocycles. The third kappa shape index (κ3) is 5.18. The van der Waals surface area contributed by atoms with E-state index in [1.165, 1.54) is 38.6 Å². The summed E-state index contributed by atoms with van der Waals surface area (Å²) < 4.78 is 33.7. The molecule has 0 saturated carbocycles. The van der Waals surface area contributed by atoms with Crippen LogP contribution in [0.4, 0.5) is 23.1 Å². The molecule has 0 unspecified atom stereocenters. The van der Waals surface area contributed by atoms with Gasteiger partial charge in [-0.15, -0.1) is 0 Å². The lowest BCUT2D eigenvalue weighted by molar-refractivity contribution is 0.100. The van der Waals surface area contributed by atoms with Gasteiger partial charge in [0.15, 0.2) is 11.5 Å². The van der Waals surface area contributed by atoms with E-state index in [1.54, 1.807) is 24.3 Å². The van der Waals surface area contributed by atoms with E-state index in [1.807, 2.05) is 0 Å². The molecule has 0 aliphatic carbocycles. The number of aromatic nitrogens is 2. The third-order valence-electron chi connectivity index (χ3n) is 4.12. The molecular weight excluding hydrogens is 424 g/mol. The first-order valence-corrected chi connectivity index (χ1v) is 10.3. The Morgan fingerprint density at radius 3 is 2.35 bits per heavy atom. The van der Waals surface area contributed by atoms with Gasteiger partial charge in [0.1, 0.15) is 11.4 Å². The number of sulfonamides is 1. The van der Waals surface area contributed by atoms with Crippen LogP contribution in [0.5, 0.6) is 11.5 Å². The van der Waals surface area contributed by atoms with Gasteiger partial charge in [0.05, 0.1) is 19.1 Å². The van der Waals surface area contributed by atoms with E-state index >= 15 is 0 Å². The van der Waals surface area contributed by atoms with Gasteiger partial charge in [-0.25, -0.2) is 18.5 Å². The van der Waals surface area contributed by atoms with Crippen molar-refractivity contribution in [2.75, 3.05) is 24.9 Å². The van der Waals surface area contributed by atoms with Crippen molar-refractivity contribution in [1.82, 2.24) is 9.97 Å². The quantitative estimate of drug-likeness (QED) is 0.403. The van der Waals surface area contributed by atoms with Crippen LogP contribution in [0.15, 0.2) is 53.6 Å². The summed E-state index contributed by atoms with van der Waals surface area (Å²) in [5, 5.41) is 11.0. The molecule has 1 aromatic heterocycles. The topological polar surface area (TPSA) is 172 Å². The van der Waals surface area contributed by atoms with E-state index in [0.717, 1.165) is 0 Å². The van der Waals surface area contributed by atoms with E-state index in [0.29, 0.717) is 22.9 Å². The van der Waals surface area contributed by atoms with Gasteiger partial charge in [-0.1, -0.05) is 6.07 Å². The van der Waals surface area contributed by atoms with Crippen LogP contribution in [-0.2, 0) is 10.0 Å². The summed E-state index contributed by atoms with van der Waals surface area (Å²) in [6.45, 7) is 0. The number of amides is 1. The van der Waals surface area contributed by atoms with Crippen LogP contribution in [0.1, 0.15) is 10.4 Å². The number of carbonyl (C=O) groups is 1. The third-order valence-corrected chi connectivity index (χ3v) is 5.03. The number of primary amides is 1. The molecule has 11 nitrogen and oxygen atoms in total. The molecule has 0 fully saturated rings. The Balaban J connectivity index is 1.94. The fourth-order valence-corrected chi connectivity index (χ4v) is 3.21. The molecule has 162 valence electrons. The molecule has 0 bridgehead atoms. The van der Waals surface area contributed by atoms with Crippen LogP contribution >= 0.6 is 0 Å². The van der Waals surface area contributed by atoms with Crippen LogP contribution in [0, 0.1) is 0 Å². The molecule has 31 heavy (non-hydrogen) atoms. The number of hydrogen-bond acceptors (Lipinski definition) is 9. The maximum absolute atomic E-state index is 11.8. The zero-order valence-electron chi connectivity index (χ0n) is 16.6. The minimum atomic E-state index is -3.90. The molecule has 12 heteroatoms. The van der Waals surface area contributed by atoms with E-state index < -0.39 is 15.9 Å². The van der Waals surface area contributed by atoms with Crippen molar-refractivity contribution in [1.29, 1.82) is 0 Å². The predicted molar refractivity (Wildman–Crippen MR) is 114 cm³/mol. The largest absolute Gasteiger partial charge is 0.493 e. The van der Waals surface area contributed by atoms with Gasteiger partial charge in [-0.05, 0) is 30.3 Å². The van der Waals surface area contributed by atoms with Crippen molar-refractivity contribution >= 4 is 39.1 Å². The second-order valence-corrected chi connectivity index (χ2v) is 7.77. The Morgan fingerprint density at radius 2 is 1.71 bits per heavy atom. The lowest BCUT2D eigenvalue weighted by atomic mass is 10.2. The van der Waals surface area contributed by atoms with E-state index in [2.05, 4.69) is 20.6 Å². The van der Waals surface area contributed by atoms with Gasteiger partial charge in [-0.2, -0.15) is 4.98 Å².